The number of carboxylic acids is 1. The number of alkyl halides is 4. The van der Waals surface area contributed by atoms with Gasteiger partial charge in [-0.15, -0.1) is 0 Å². The first kappa shape index (κ1) is 36.0. The predicted octanol–water partition coefficient (Wildman–Crippen LogP) is 7.31. The van der Waals surface area contributed by atoms with Crippen LogP contribution in [-0.4, -0.2) is 52.3 Å². The van der Waals surface area contributed by atoms with Crippen LogP contribution in [0.2, 0.25) is 5.02 Å². The lowest BCUT2D eigenvalue weighted by atomic mass is 9.92. The molecule has 51 heavy (non-hydrogen) atoms. The molecule has 2 atom stereocenters. The lowest BCUT2D eigenvalue weighted by molar-refractivity contribution is -0.139. The quantitative estimate of drug-likeness (QED) is 0.202. The van der Waals surface area contributed by atoms with Gasteiger partial charge in [0.05, 0.1) is 18.0 Å². The van der Waals surface area contributed by atoms with Gasteiger partial charge in [0.15, 0.2) is 0 Å². The summed E-state index contributed by atoms with van der Waals surface area (Å²) in [7, 11) is 0. The summed E-state index contributed by atoms with van der Waals surface area (Å²) in [4.78, 5) is 41.5. The summed E-state index contributed by atoms with van der Waals surface area (Å²) in [5.74, 6) is -4.49. The molecule has 1 saturated heterocycles. The number of pyridine rings is 1. The highest BCUT2D eigenvalue weighted by Gasteiger charge is 2.38. The summed E-state index contributed by atoms with van der Waals surface area (Å²) in [6.07, 6.45) is -6.48. The van der Waals surface area contributed by atoms with E-state index in [-0.39, 0.29) is 53.7 Å². The largest absolute Gasteiger partial charge is 0.481 e. The van der Waals surface area contributed by atoms with Gasteiger partial charge >= 0.3 is 12.1 Å². The Balaban J connectivity index is 1.59. The summed E-state index contributed by atoms with van der Waals surface area (Å²) in [6.45, 7) is 3.16. The Bertz CT molecular complexity index is 2110. The smallest absolute Gasteiger partial charge is 0.416 e. The topological polar surface area (TPSA) is 101 Å². The number of aliphatic carboxylic acids is 1. The highest BCUT2D eigenvalue weighted by molar-refractivity contribution is 6.31. The van der Waals surface area contributed by atoms with Gasteiger partial charge in [-0.25, -0.2) is 13.2 Å². The zero-order chi connectivity index (χ0) is 36.9. The molecule has 15 heteroatoms. The number of nitrogens with zero attached hydrogens (tertiary/aromatic N) is 2. The van der Waals surface area contributed by atoms with Crippen LogP contribution in [0, 0.1) is 25.5 Å². The minimum absolute atomic E-state index is 0.00665. The number of hydrogen-bond donors (Lipinski definition) is 2. The number of carbonyl (C=O) groups excluding carboxylic acids is 1. The van der Waals surface area contributed by atoms with E-state index in [0.29, 0.717) is 27.3 Å². The Morgan fingerprint density at radius 3 is 2.41 bits per heavy atom. The molecule has 0 aliphatic carbocycles. The number of nitrogens with one attached hydrogen (secondary N) is 1. The Hall–Kier alpha value is -4.82. The third-order valence-corrected chi connectivity index (χ3v) is 9.22. The van der Waals surface area contributed by atoms with Gasteiger partial charge < -0.3 is 15.2 Å². The number of aryl methyl sites for hydroxylation is 2. The summed E-state index contributed by atoms with van der Waals surface area (Å²) in [5, 5.41) is 12.5. The fourth-order valence-corrected chi connectivity index (χ4v) is 6.85. The summed E-state index contributed by atoms with van der Waals surface area (Å²) in [5.41, 5.74) is -2.36. The van der Waals surface area contributed by atoms with E-state index in [2.05, 4.69) is 5.32 Å². The second-order valence-corrected chi connectivity index (χ2v) is 13.1. The van der Waals surface area contributed by atoms with Crippen LogP contribution >= 0.6 is 11.6 Å². The molecule has 1 fully saturated rings. The second kappa shape index (κ2) is 13.7. The van der Waals surface area contributed by atoms with Gasteiger partial charge in [0, 0.05) is 59.7 Å². The van der Waals surface area contributed by atoms with Crippen LogP contribution in [0.15, 0.2) is 59.5 Å². The van der Waals surface area contributed by atoms with E-state index in [0.717, 1.165) is 18.3 Å². The molecule has 4 bridgehead atoms. The molecule has 4 aromatic rings. The standard InChI is InChI=1S/C36H30ClF6N3O5/c1-17-8-21(37)10-29-32(17)20-7-18(2)33(40)25(9-20)28(13-31(48)49)44-35(50)34(24-11-23(51-29)3-4-27(24)39)46-14-19(5-6-45-15-22(38)16-45)26(12-30(46)47)36(41,42)43/h3-4,7-12,14,22,28,34H,5-6,13,15-16H2,1-2H3,(H,44,50)(H,48,49)/t28-,34-/m0/s1. The third kappa shape index (κ3) is 7.33. The van der Waals surface area contributed by atoms with Crippen LogP contribution in [0.25, 0.3) is 11.1 Å². The number of aromatic nitrogens is 1. The minimum atomic E-state index is -4.99. The van der Waals surface area contributed by atoms with Crippen LogP contribution < -0.4 is 15.6 Å². The van der Waals surface area contributed by atoms with Crippen LogP contribution in [0.4, 0.5) is 26.3 Å². The average Bonchev–Trinajstić information content (AvgIpc) is 3.01. The molecule has 1 aromatic heterocycles. The molecule has 3 heterocycles. The summed E-state index contributed by atoms with van der Waals surface area (Å²) in [6, 6.07) is 5.83. The van der Waals surface area contributed by atoms with Gasteiger partial charge in [-0.3, -0.25) is 23.9 Å². The van der Waals surface area contributed by atoms with Crippen LogP contribution in [0.3, 0.4) is 0 Å². The van der Waals surface area contributed by atoms with Gasteiger partial charge in [-0.05, 0) is 78.9 Å². The number of carbonyl (C=O) groups is 2. The van der Waals surface area contributed by atoms with Crippen LogP contribution in [0.1, 0.15) is 51.9 Å². The van der Waals surface area contributed by atoms with Crippen molar-refractivity contribution in [2.75, 3.05) is 19.6 Å². The van der Waals surface area contributed by atoms with Crippen molar-refractivity contribution < 1.29 is 45.8 Å². The number of halogens is 7. The number of benzene rings is 3. The minimum Gasteiger partial charge on any atom is -0.481 e. The van der Waals surface area contributed by atoms with Crippen molar-refractivity contribution in [2.24, 2.45) is 0 Å². The first-order chi connectivity index (χ1) is 24.0. The van der Waals surface area contributed by atoms with Gasteiger partial charge in [-0.1, -0.05) is 11.6 Å². The zero-order valence-electron chi connectivity index (χ0n) is 27.1. The molecule has 268 valence electrons. The Kier molecular flexibility index (Phi) is 9.68. The van der Waals surface area contributed by atoms with Crippen molar-refractivity contribution in [3.05, 3.63) is 115 Å². The predicted molar refractivity (Wildman–Crippen MR) is 175 cm³/mol. The van der Waals surface area contributed by atoms with Crippen molar-refractivity contribution in [1.82, 2.24) is 14.8 Å². The molecule has 0 saturated carbocycles. The highest BCUT2D eigenvalue weighted by atomic mass is 35.5. The van der Waals surface area contributed by atoms with E-state index in [1.807, 2.05) is 0 Å². The number of hydrogen-bond acceptors (Lipinski definition) is 5. The number of likely N-dealkylation sites (tertiary alicyclic amines) is 1. The first-order valence-electron chi connectivity index (χ1n) is 15.8. The molecule has 8 nitrogen and oxygen atoms in total. The molecular formula is C36H30ClF6N3O5. The normalized spacial score (nSPS) is 18.0. The highest BCUT2D eigenvalue weighted by Crippen LogP contribution is 2.42. The number of rotatable bonds is 6. The van der Waals surface area contributed by atoms with Crippen molar-refractivity contribution >= 4 is 23.5 Å². The van der Waals surface area contributed by atoms with E-state index in [1.54, 1.807) is 17.9 Å². The van der Waals surface area contributed by atoms with Crippen molar-refractivity contribution in [2.45, 2.75) is 51.1 Å². The molecule has 2 aliphatic heterocycles. The summed E-state index contributed by atoms with van der Waals surface area (Å²) < 4.78 is 94.5. The van der Waals surface area contributed by atoms with Gasteiger partial charge in [0.25, 0.3) is 5.56 Å². The maximum absolute atomic E-state index is 15.9. The van der Waals surface area contributed by atoms with Gasteiger partial charge in [-0.2, -0.15) is 13.2 Å². The fraction of sp³-hybridized carbons (Fsp3) is 0.306. The fourth-order valence-electron chi connectivity index (χ4n) is 6.59. The van der Waals surface area contributed by atoms with E-state index in [9.17, 15) is 37.1 Å². The van der Waals surface area contributed by atoms with Crippen LogP contribution in [0.5, 0.6) is 11.5 Å². The zero-order valence-corrected chi connectivity index (χ0v) is 27.8. The van der Waals surface area contributed by atoms with Crippen molar-refractivity contribution in [1.29, 1.82) is 0 Å². The molecule has 3 aromatic carbocycles. The van der Waals surface area contributed by atoms with Crippen molar-refractivity contribution in [3.63, 3.8) is 0 Å². The monoisotopic (exact) mass is 733 g/mol. The second-order valence-electron chi connectivity index (χ2n) is 12.7. The molecule has 0 spiro atoms. The number of amides is 1. The Labute approximate surface area is 292 Å². The lowest BCUT2D eigenvalue weighted by Gasteiger charge is -2.34. The van der Waals surface area contributed by atoms with Crippen LogP contribution in [-0.2, 0) is 22.2 Å². The average molecular weight is 734 g/mol. The van der Waals surface area contributed by atoms with E-state index < -0.39 is 76.6 Å². The van der Waals surface area contributed by atoms with E-state index in [4.69, 9.17) is 16.3 Å². The number of fused-ring (bicyclic) bond motifs is 6. The number of ether oxygens (including phenoxy) is 1. The molecule has 2 N–H and O–H groups in total. The van der Waals surface area contributed by atoms with Gasteiger partial charge in [0.2, 0.25) is 5.91 Å². The molecular weight excluding hydrogens is 704 g/mol. The maximum Gasteiger partial charge on any atom is 0.416 e. The molecule has 2 aliphatic rings. The molecule has 0 unspecified atom stereocenters. The maximum atomic E-state index is 15.9. The Morgan fingerprint density at radius 2 is 1.75 bits per heavy atom. The van der Waals surface area contributed by atoms with Crippen molar-refractivity contribution in [3.8, 4) is 22.6 Å². The van der Waals surface area contributed by atoms with Gasteiger partial charge in [0.1, 0.15) is 35.3 Å². The van der Waals surface area contributed by atoms with E-state index >= 15 is 8.78 Å². The first-order valence-corrected chi connectivity index (χ1v) is 16.2. The lowest BCUT2D eigenvalue weighted by Crippen LogP contribution is -2.49. The SMILES string of the molecule is Cc1cc2cc(c1F)[C@H](CC(=O)O)NC(=O)[C@@H](n1cc(CCN3CC(F)C3)c(C(F)(F)F)cc1=O)c1cc(ccc1F)Oc1cc(Cl)cc(C)c1-2. The Morgan fingerprint density at radius 1 is 1.02 bits per heavy atom. The molecule has 1 amide bonds. The molecule has 6 rings (SSSR count). The molecule has 0 radical (unpaired) electrons. The third-order valence-electron chi connectivity index (χ3n) is 9.00. The van der Waals surface area contributed by atoms with E-state index in [1.165, 1.54) is 31.2 Å². The summed E-state index contributed by atoms with van der Waals surface area (Å²) >= 11 is 6.37. The number of carboxylic acid groups (broad SMARTS) is 1.